The number of aliphatic hydroxyl groups excluding tert-OH is 1. The molecule has 2 atom stereocenters. The van der Waals surface area contributed by atoms with Crippen LogP contribution in [0.1, 0.15) is 32.4 Å². The summed E-state index contributed by atoms with van der Waals surface area (Å²) in [6, 6.07) is 6.26. The van der Waals surface area contributed by atoms with Crippen molar-refractivity contribution in [3.05, 3.63) is 42.0 Å². The molecule has 1 aliphatic rings. The maximum absolute atomic E-state index is 12.5. The molecule has 7 heteroatoms. The van der Waals surface area contributed by atoms with Crippen molar-refractivity contribution in [2.24, 2.45) is 0 Å². The van der Waals surface area contributed by atoms with Gasteiger partial charge in [-0.25, -0.2) is 9.59 Å². The van der Waals surface area contributed by atoms with Gasteiger partial charge in [0, 0.05) is 5.69 Å². The lowest BCUT2D eigenvalue weighted by atomic mass is 10.1. The molecule has 0 saturated carbocycles. The zero-order chi connectivity index (χ0) is 18.6. The van der Waals surface area contributed by atoms with E-state index >= 15 is 0 Å². The number of carbonyl (C=O) groups is 2. The summed E-state index contributed by atoms with van der Waals surface area (Å²) in [5.74, 6) is 0. The highest BCUT2D eigenvalue weighted by Gasteiger charge is 2.36. The van der Waals surface area contributed by atoms with Crippen LogP contribution in [0.4, 0.5) is 15.3 Å². The minimum Gasteiger partial charge on any atom is -0.453 e. The summed E-state index contributed by atoms with van der Waals surface area (Å²) >= 11 is 0. The highest BCUT2D eigenvalue weighted by molar-refractivity contribution is 5.84. The first-order valence-corrected chi connectivity index (χ1v) is 8.00. The molecule has 1 aliphatic heterocycles. The predicted octanol–water partition coefficient (Wildman–Crippen LogP) is 3.07. The zero-order valence-corrected chi connectivity index (χ0v) is 14.9. The van der Waals surface area contributed by atoms with E-state index in [2.05, 4.69) is 10.1 Å². The molecule has 0 spiro atoms. The number of nitrogens with zero attached hydrogens (tertiary/aromatic N) is 1. The van der Waals surface area contributed by atoms with Gasteiger partial charge in [0.15, 0.2) is 0 Å². The maximum atomic E-state index is 12.5. The largest absolute Gasteiger partial charge is 0.453 e. The molecule has 0 aliphatic carbocycles. The maximum Gasteiger partial charge on any atom is 0.411 e. The molecule has 0 saturated heterocycles. The zero-order valence-electron chi connectivity index (χ0n) is 14.9. The van der Waals surface area contributed by atoms with Gasteiger partial charge in [-0.3, -0.25) is 10.2 Å². The van der Waals surface area contributed by atoms with E-state index in [9.17, 15) is 14.7 Å². The second-order valence-electron chi connectivity index (χ2n) is 6.71. The van der Waals surface area contributed by atoms with E-state index in [1.165, 1.54) is 12.0 Å². The van der Waals surface area contributed by atoms with E-state index < -0.39 is 23.8 Å². The van der Waals surface area contributed by atoms with E-state index in [1.807, 2.05) is 6.08 Å². The topological polar surface area (TPSA) is 88.1 Å². The average Bonchev–Trinajstić information content (AvgIpc) is 2.98. The number of rotatable bonds is 3. The molecule has 1 heterocycles. The van der Waals surface area contributed by atoms with Gasteiger partial charge >= 0.3 is 12.2 Å². The molecule has 0 fully saturated rings. The Hall–Kier alpha value is -2.54. The predicted molar refractivity (Wildman–Crippen MR) is 93.3 cm³/mol. The summed E-state index contributed by atoms with van der Waals surface area (Å²) < 4.78 is 10.0. The van der Waals surface area contributed by atoms with Crippen LogP contribution in [0.2, 0.25) is 0 Å². The monoisotopic (exact) mass is 348 g/mol. The highest BCUT2D eigenvalue weighted by Crippen LogP contribution is 2.32. The average molecular weight is 348 g/mol. The second kappa shape index (κ2) is 7.57. The molecule has 2 N–H and O–H groups in total. The number of nitrogens with one attached hydrogen (secondary N) is 1. The number of hydrogen-bond donors (Lipinski definition) is 2. The molecule has 1 aromatic carbocycles. The minimum atomic E-state index is -0.626. The van der Waals surface area contributed by atoms with Crippen LogP contribution in [0.25, 0.3) is 0 Å². The van der Waals surface area contributed by atoms with Gasteiger partial charge in [-0.1, -0.05) is 24.3 Å². The first-order valence-electron chi connectivity index (χ1n) is 8.00. The summed E-state index contributed by atoms with van der Waals surface area (Å²) in [5, 5.41) is 12.1. The molecular weight excluding hydrogens is 324 g/mol. The number of aliphatic hydroxyl groups is 1. The van der Waals surface area contributed by atoms with E-state index in [4.69, 9.17) is 4.74 Å². The molecule has 0 radical (unpaired) electrons. The third kappa shape index (κ3) is 4.73. The number of amides is 2. The summed E-state index contributed by atoms with van der Waals surface area (Å²) in [5.41, 5.74) is 0.798. The molecule has 0 bridgehead atoms. The molecule has 0 unspecified atom stereocenters. The van der Waals surface area contributed by atoms with Crippen LogP contribution in [-0.2, 0) is 9.47 Å². The van der Waals surface area contributed by atoms with Crippen molar-refractivity contribution in [1.29, 1.82) is 0 Å². The number of hydrogen-bond acceptors (Lipinski definition) is 5. The fourth-order valence-electron chi connectivity index (χ4n) is 2.54. The number of ether oxygens (including phenoxy) is 2. The number of methoxy groups -OCH3 is 1. The second-order valence-corrected chi connectivity index (χ2v) is 6.71. The number of carbonyl (C=O) groups excluding carboxylic acids is 2. The lowest BCUT2D eigenvalue weighted by Crippen LogP contribution is -2.43. The van der Waals surface area contributed by atoms with Crippen LogP contribution in [0.15, 0.2) is 36.4 Å². The normalized spacial score (nSPS) is 19.6. The Bertz CT molecular complexity index is 648. The van der Waals surface area contributed by atoms with Crippen molar-refractivity contribution < 1.29 is 24.2 Å². The van der Waals surface area contributed by atoms with E-state index in [-0.39, 0.29) is 12.6 Å². The Kier molecular flexibility index (Phi) is 5.69. The van der Waals surface area contributed by atoms with Gasteiger partial charge in [0.2, 0.25) is 0 Å². The fraction of sp³-hybridized carbons (Fsp3) is 0.444. The molecule has 1 aromatic rings. The Morgan fingerprint density at radius 2 is 1.84 bits per heavy atom. The lowest BCUT2D eigenvalue weighted by Gasteiger charge is -2.32. The highest BCUT2D eigenvalue weighted by atomic mass is 16.6. The van der Waals surface area contributed by atoms with Crippen LogP contribution in [0.5, 0.6) is 0 Å². The molecule has 2 rings (SSSR count). The van der Waals surface area contributed by atoms with Crippen molar-refractivity contribution in [3.63, 3.8) is 0 Å². The number of benzene rings is 1. The summed E-state index contributed by atoms with van der Waals surface area (Å²) in [6.45, 7) is 5.20. The Balaban J connectivity index is 2.19. The minimum absolute atomic E-state index is 0.186. The van der Waals surface area contributed by atoms with Crippen LogP contribution >= 0.6 is 0 Å². The first-order chi connectivity index (χ1) is 11.7. The van der Waals surface area contributed by atoms with Crippen molar-refractivity contribution in [2.45, 2.75) is 38.5 Å². The molecule has 2 amide bonds. The standard InChI is InChI=1S/C18H24N2O5/c1-18(2,3)25-17(23)20-14(11-21)9-10-15(20)12-5-7-13(8-6-12)19-16(22)24-4/h5-10,14-15,21H,11H2,1-4H3,(H,19,22)/t14-,15+/m0/s1. The number of anilines is 1. The van der Waals surface area contributed by atoms with Crippen LogP contribution < -0.4 is 5.32 Å². The van der Waals surface area contributed by atoms with E-state index in [0.29, 0.717) is 5.69 Å². The van der Waals surface area contributed by atoms with Gasteiger partial charge in [-0.2, -0.15) is 0 Å². The fourth-order valence-corrected chi connectivity index (χ4v) is 2.54. The van der Waals surface area contributed by atoms with Crippen molar-refractivity contribution >= 4 is 17.9 Å². The lowest BCUT2D eigenvalue weighted by molar-refractivity contribution is 0.0114. The molecule has 7 nitrogen and oxygen atoms in total. The van der Waals surface area contributed by atoms with Gasteiger partial charge < -0.3 is 14.6 Å². The molecule has 0 aromatic heterocycles. The van der Waals surface area contributed by atoms with Crippen LogP contribution in [0, 0.1) is 0 Å². The molecule has 25 heavy (non-hydrogen) atoms. The van der Waals surface area contributed by atoms with E-state index in [0.717, 1.165) is 5.56 Å². The molecule has 136 valence electrons. The van der Waals surface area contributed by atoms with Gasteiger partial charge in [-0.05, 0) is 38.5 Å². The quantitative estimate of drug-likeness (QED) is 0.820. The third-order valence-corrected chi connectivity index (χ3v) is 3.65. The van der Waals surface area contributed by atoms with Crippen LogP contribution in [0.3, 0.4) is 0 Å². The smallest absolute Gasteiger partial charge is 0.411 e. The Morgan fingerprint density at radius 3 is 2.36 bits per heavy atom. The van der Waals surface area contributed by atoms with Gasteiger partial charge in [0.25, 0.3) is 0 Å². The van der Waals surface area contributed by atoms with Gasteiger partial charge in [0.1, 0.15) is 5.60 Å². The van der Waals surface area contributed by atoms with Crippen molar-refractivity contribution in [3.8, 4) is 0 Å². The summed E-state index contributed by atoms with van der Waals surface area (Å²) in [7, 11) is 1.29. The summed E-state index contributed by atoms with van der Waals surface area (Å²) in [4.78, 5) is 25.3. The van der Waals surface area contributed by atoms with Crippen LogP contribution in [-0.4, -0.2) is 47.6 Å². The third-order valence-electron chi connectivity index (χ3n) is 3.65. The summed E-state index contributed by atoms with van der Waals surface area (Å²) in [6.07, 6.45) is 2.60. The van der Waals surface area contributed by atoms with Crippen molar-refractivity contribution in [1.82, 2.24) is 4.90 Å². The molecular formula is C18H24N2O5. The SMILES string of the molecule is COC(=O)Nc1ccc([C@H]2C=C[C@@H](CO)N2C(=O)OC(C)(C)C)cc1. The van der Waals surface area contributed by atoms with Gasteiger partial charge in [0.05, 0.1) is 25.8 Å². The first kappa shape index (κ1) is 18.8. The Labute approximate surface area is 147 Å². The van der Waals surface area contributed by atoms with Gasteiger partial charge in [-0.15, -0.1) is 0 Å². The van der Waals surface area contributed by atoms with Crippen molar-refractivity contribution in [2.75, 3.05) is 19.0 Å². The van der Waals surface area contributed by atoms with E-state index in [1.54, 1.807) is 51.1 Å². The Morgan fingerprint density at radius 1 is 1.20 bits per heavy atom.